The summed E-state index contributed by atoms with van der Waals surface area (Å²) in [6.07, 6.45) is 8.33. The number of fused-ring (bicyclic) bond motifs is 1. The van der Waals surface area contributed by atoms with Crippen LogP contribution in [-0.4, -0.2) is 59.1 Å². The molecule has 0 aromatic heterocycles. The topological polar surface area (TPSA) is 104 Å². The number of allylic oxidation sites excluding steroid dienone is 2. The zero-order valence-corrected chi connectivity index (χ0v) is 35.2. The summed E-state index contributed by atoms with van der Waals surface area (Å²) in [4.78, 5) is 26.8. The summed E-state index contributed by atoms with van der Waals surface area (Å²) >= 11 is 0. The first kappa shape index (κ1) is 41.0. The molecule has 1 fully saturated rings. The van der Waals surface area contributed by atoms with Gasteiger partial charge in [0.2, 0.25) is 0 Å². The van der Waals surface area contributed by atoms with Crippen molar-refractivity contribution in [2.75, 3.05) is 0 Å². The number of cyclic esters (lactones) is 1. The van der Waals surface area contributed by atoms with Crippen molar-refractivity contribution < 1.29 is 32.7 Å². The average Bonchev–Trinajstić information content (AvgIpc) is 3.01. The maximum atomic E-state index is 14.0. The summed E-state index contributed by atoms with van der Waals surface area (Å²) in [5.74, 6) is 0.0908. The second-order valence-corrected chi connectivity index (χ2v) is 27.5. The Kier molecular flexibility index (Phi) is 13.0. The van der Waals surface area contributed by atoms with Crippen molar-refractivity contribution in [3.8, 4) is 11.8 Å². The van der Waals surface area contributed by atoms with E-state index in [1.54, 1.807) is 24.3 Å². The van der Waals surface area contributed by atoms with E-state index in [-0.39, 0.29) is 52.1 Å². The van der Waals surface area contributed by atoms with Crippen LogP contribution in [0.15, 0.2) is 48.1 Å². The van der Waals surface area contributed by atoms with Gasteiger partial charge in [-0.2, -0.15) is 5.26 Å². The van der Waals surface area contributed by atoms with E-state index in [1.807, 2.05) is 6.92 Å². The van der Waals surface area contributed by atoms with Crippen molar-refractivity contribution >= 4 is 28.6 Å². The van der Waals surface area contributed by atoms with Gasteiger partial charge >= 0.3 is 11.9 Å². The van der Waals surface area contributed by atoms with Gasteiger partial charge in [-0.1, -0.05) is 85.8 Å². The highest BCUT2D eigenvalue weighted by atomic mass is 28.4. The zero-order chi connectivity index (χ0) is 37.9. The van der Waals surface area contributed by atoms with E-state index in [0.717, 1.165) is 12.0 Å². The Morgan fingerprint density at radius 3 is 2.27 bits per heavy atom. The number of esters is 2. The Bertz CT molecular complexity index is 1500. The van der Waals surface area contributed by atoms with Crippen molar-refractivity contribution in [1.82, 2.24) is 0 Å². The molecule has 0 radical (unpaired) electrons. The lowest BCUT2D eigenvalue weighted by atomic mass is 9.66. The van der Waals surface area contributed by atoms with Crippen LogP contribution in [0.2, 0.25) is 36.3 Å². The third-order valence-electron chi connectivity index (χ3n) is 12.1. The van der Waals surface area contributed by atoms with Crippen LogP contribution in [0, 0.1) is 29.1 Å². The number of nitrogens with zero attached hydrogens (tertiary/aromatic N) is 1. The fourth-order valence-electron chi connectivity index (χ4n) is 7.03. The first-order valence-corrected chi connectivity index (χ1v) is 24.8. The van der Waals surface area contributed by atoms with Crippen LogP contribution < -0.4 is 4.74 Å². The Labute approximate surface area is 309 Å². The number of hydrogen-bond donors (Lipinski definition) is 0. The molecule has 1 heterocycles. The molecule has 0 bridgehead atoms. The minimum Gasteiger partial charge on any atom is -0.477 e. The molecule has 0 spiro atoms. The quantitative estimate of drug-likeness (QED) is 0.154. The van der Waals surface area contributed by atoms with E-state index in [0.29, 0.717) is 43.4 Å². The summed E-state index contributed by atoms with van der Waals surface area (Å²) in [7, 11) is -4.19. The molecule has 3 aliphatic rings. The van der Waals surface area contributed by atoms with Crippen LogP contribution in [0.1, 0.15) is 99.5 Å². The molecule has 0 N–H and O–H groups in total. The molecule has 1 aromatic rings. The summed E-state index contributed by atoms with van der Waals surface area (Å²) < 4.78 is 32.1. The molecule has 0 amide bonds. The molecular weight excluding hydrogens is 675 g/mol. The molecule has 51 heavy (non-hydrogen) atoms. The second-order valence-electron chi connectivity index (χ2n) is 18.0. The Balaban J connectivity index is 1.58. The number of benzene rings is 1. The minimum atomic E-state index is -2.14. The highest BCUT2D eigenvalue weighted by Crippen LogP contribution is 2.47. The monoisotopic (exact) mass is 737 g/mol. The lowest BCUT2D eigenvalue weighted by Crippen LogP contribution is -2.49. The summed E-state index contributed by atoms with van der Waals surface area (Å²) in [5.41, 5.74) is 1.51. The molecule has 8 nitrogen and oxygen atoms in total. The Morgan fingerprint density at radius 1 is 1.00 bits per heavy atom. The van der Waals surface area contributed by atoms with E-state index >= 15 is 0 Å². The van der Waals surface area contributed by atoms with Gasteiger partial charge in [0, 0.05) is 18.8 Å². The van der Waals surface area contributed by atoms with Crippen LogP contribution in [0.3, 0.4) is 0 Å². The van der Waals surface area contributed by atoms with E-state index in [1.165, 1.54) is 0 Å². The first-order valence-electron chi connectivity index (χ1n) is 19.0. The third-order valence-corrected chi connectivity index (χ3v) is 21.1. The molecule has 282 valence electrons. The van der Waals surface area contributed by atoms with Crippen LogP contribution >= 0.6 is 0 Å². The van der Waals surface area contributed by atoms with Gasteiger partial charge in [0.05, 0.1) is 24.2 Å². The third kappa shape index (κ3) is 10.0. The fourth-order valence-corrected chi connectivity index (χ4v) is 9.67. The van der Waals surface area contributed by atoms with Crippen molar-refractivity contribution in [2.45, 2.75) is 161 Å². The van der Waals surface area contributed by atoms with Gasteiger partial charge in [-0.25, -0.2) is 4.79 Å². The first-order chi connectivity index (χ1) is 23.7. The molecule has 4 rings (SSSR count). The maximum Gasteiger partial charge on any atom is 0.347 e. The molecule has 8 atom stereocenters. The van der Waals surface area contributed by atoms with E-state index < -0.39 is 34.8 Å². The molecule has 5 unspecified atom stereocenters. The van der Waals surface area contributed by atoms with E-state index in [4.69, 9.17) is 23.1 Å². The van der Waals surface area contributed by atoms with Gasteiger partial charge in [-0.15, -0.1) is 0 Å². The van der Waals surface area contributed by atoms with Crippen molar-refractivity contribution in [3.63, 3.8) is 0 Å². The molecule has 1 saturated heterocycles. The molecule has 1 aliphatic heterocycles. The maximum absolute atomic E-state index is 14.0. The second kappa shape index (κ2) is 16.1. The summed E-state index contributed by atoms with van der Waals surface area (Å²) in [6.45, 7) is 26.4. The largest absolute Gasteiger partial charge is 0.477 e. The predicted octanol–water partition coefficient (Wildman–Crippen LogP) is 9.66. The standard InChI is InChI=1S/C41H63NO7Si2/c1-13-34(46-35-17-15-14-16-29(35)26-42)39(44)47-36-24-31(48-50(9,10)40(3,4)5)22-28-19-18-27(2)33(38(28)36)21-20-30-23-32(25-37(43)45-30)49-51(11,12)41(6,7)8/h14-19,22,27,30-34,36,38H,13,20-21,23-25H2,1-12H3/t27?,30-,31?,32-,33?,34+,36?,38?/m1/s1. The molecular formula is C41H63NO7Si2. The molecule has 1 aromatic carbocycles. The van der Waals surface area contributed by atoms with Gasteiger partial charge in [-0.05, 0) is 85.1 Å². The van der Waals surface area contributed by atoms with Crippen molar-refractivity contribution in [2.24, 2.45) is 17.8 Å². The van der Waals surface area contributed by atoms with Crippen LogP contribution in [0.5, 0.6) is 5.75 Å². The molecule has 2 aliphatic carbocycles. The summed E-state index contributed by atoms with van der Waals surface area (Å²) in [6, 6.07) is 9.11. The zero-order valence-electron chi connectivity index (χ0n) is 33.2. The summed E-state index contributed by atoms with van der Waals surface area (Å²) in [5, 5.41) is 9.69. The lowest BCUT2D eigenvalue weighted by molar-refractivity contribution is -0.164. The molecule has 10 heteroatoms. The SMILES string of the molecule is CC[C@H](Oc1ccccc1C#N)C(=O)OC1CC(O[Si](C)(C)C(C)(C)C)C=C2C=CC(C)C(CC[C@@H]3C[C@@H](O[Si](C)(C)C(C)(C)C)CC(=O)O3)C21. The number of carbonyl (C=O) groups is 2. The van der Waals surface area contributed by atoms with Gasteiger partial charge < -0.3 is 23.1 Å². The highest BCUT2D eigenvalue weighted by Gasteiger charge is 2.47. The highest BCUT2D eigenvalue weighted by molar-refractivity contribution is 6.74. The van der Waals surface area contributed by atoms with Gasteiger partial charge in [0.15, 0.2) is 22.7 Å². The number of nitriles is 1. The van der Waals surface area contributed by atoms with E-state index in [2.05, 4.69) is 99.0 Å². The number of rotatable bonds is 12. The predicted molar refractivity (Wildman–Crippen MR) is 206 cm³/mol. The van der Waals surface area contributed by atoms with Crippen LogP contribution in [0.25, 0.3) is 0 Å². The lowest BCUT2D eigenvalue weighted by Gasteiger charge is -2.46. The smallest absolute Gasteiger partial charge is 0.347 e. The van der Waals surface area contributed by atoms with Gasteiger partial charge in [0.1, 0.15) is 24.0 Å². The van der Waals surface area contributed by atoms with Crippen molar-refractivity contribution in [1.29, 1.82) is 5.26 Å². The number of para-hydroxylation sites is 1. The fraction of sp³-hybridized carbons (Fsp3) is 0.683. The van der Waals surface area contributed by atoms with Gasteiger partial charge in [0.25, 0.3) is 0 Å². The number of carbonyl (C=O) groups excluding carboxylic acids is 2. The minimum absolute atomic E-state index is 0.0207. The van der Waals surface area contributed by atoms with Gasteiger partial charge in [-0.3, -0.25) is 4.79 Å². The number of ether oxygens (including phenoxy) is 3. The van der Waals surface area contributed by atoms with Crippen molar-refractivity contribution in [3.05, 3.63) is 53.6 Å². The Hall–Kier alpha value is -2.72. The molecule has 0 saturated carbocycles. The Morgan fingerprint density at radius 2 is 1.65 bits per heavy atom. The van der Waals surface area contributed by atoms with Crippen LogP contribution in [-0.2, 0) is 27.9 Å². The normalized spacial score (nSPS) is 27.8. The number of hydrogen-bond acceptors (Lipinski definition) is 8. The van der Waals surface area contributed by atoms with Crippen LogP contribution in [0.4, 0.5) is 0 Å². The van der Waals surface area contributed by atoms with E-state index in [9.17, 15) is 14.9 Å². The average molecular weight is 738 g/mol.